The maximum atomic E-state index is 11.1. The quantitative estimate of drug-likeness (QED) is 0.730. The molecular weight excluding hydrogens is 252 g/mol. The molecule has 2 aromatic carbocycles. The van der Waals surface area contributed by atoms with Gasteiger partial charge in [0.1, 0.15) is 0 Å². The van der Waals surface area contributed by atoms with E-state index in [2.05, 4.69) is 30.4 Å². The molecule has 0 unspecified atom stereocenters. The van der Waals surface area contributed by atoms with Crippen molar-refractivity contribution < 1.29 is 9.90 Å². The minimum absolute atomic E-state index is 0.239. The van der Waals surface area contributed by atoms with Gasteiger partial charge in [-0.1, -0.05) is 29.8 Å². The lowest BCUT2D eigenvalue weighted by Gasteiger charge is -2.10. The van der Waals surface area contributed by atoms with Gasteiger partial charge in [-0.05, 0) is 37.1 Å². The molecule has 0 heterocycles. The van der Waals surface area contributed by atoms with Crippen LogP contribution in [-0.2, 0) is 6.42 Å². The van der Waals surface area contributed by atoms with Crippen molar-refractivity contribution in [2.24, 2.45) is 0 Å². The number of aromatic carboxylic acids is 1. The van der Waals surface area contributed by atoms with E-state index in [1.165, 1.54) is 17.2 Å². The molecule has 20 heavy (non-hydrogen) atoms. The fourth-order valence-electron chi connectivity index (χ4n) is 2.10. The van der Waals surface area contributed by atoms with E-state index in [0.717, 1.165) is 6.42 Å². The fourth-order valence-corrected chi connectivity index (χ4v) is 2.10. The van der Waals surface area contributed by atoms with Crippen molar-refractivity contribution in [3.63, 3.8) is 0 Å². The van der Waals surface area contributed by atoms with Gasteiger partial charge in [0.2, 0.25) is 0 Å². The van der Waals surface area contributed by atoms with Crippen molar-refractivity contribution in [2.75, 3.05) is 17.6 Å². The summed E-state index contributed by atoms with van der Waals surface area (Å²) in [5, 5.41) is 12.3. The second-order valence-electron chi connectivity index (χ2n) is 4.78. The minimum atomic E-state index is -0.956. The third-order valence-corrected chi connectivity index (χ3v) is 3.09. The molecule has 0 aliphatic rings. The van der Waals surface area contributed by atoms with Crippen molar-refractivity contribution >= 4 is 17.3 Å². The second-order valence-corrected chi connectivity index (χ2v) is 4.78. The Bertz CT molecular complexity index is 624. The number of nitrogens with two attached hydrogens (primary N) is 1. The predicted molar refractivity (Wildman–Crippen MR) is 81.2 cm³/mol. The Labute approximate surface area is 118 Å². The highest BCUT2D eigenvalue weighted by Gasteiger charge is 2.09. The molecular formula is C16H18N2O2. The summed E-state index contributed by atoms with van der Waals surface area (Å²) in [4.78, 5) is 11.1. The molecule has 4 heteroatoms. The fraction of sp³-hybridized carbons (Fsp3) is 0.188. The third kappa shape index (κ3) is 3.51. The zero-order chi connectivity index (χ0) is 14.5. The smallest absolute Gasteiger partial charge is 0.337 e. The van der Waals surface area contributed by atoms with E-state index >= 15 is 0 Å². The minimum Gasteiger partial charge on any atom is -0.478 e. The number of carboxylic acids is 1. The van der Waals surface area contributed by atoms with Gasteiger partial charge in [0.05, 0.1) is 11.3 Å². The SMILES string of the molecule is Cc1cccc(CCNc2cc(N)ccc2C(=O)O)c1. The van der Waals surface area contributed by atoms with Gasteiger partial charge in [0.25, 0.3) is 0 Å². The van der Waals surface area contributed by atoms with Crippen molar-refractivity contribution in [2.45, 2.75) is 13.3 Å². The molecule has 0 atom stereocenters. The Kier molecular flexibility index (Phi) is 4.25. The first-order chi connectivity index (χ1) is 9.56. The molecule has 2 rings (SSSR count). The van der Waals surface area contributed by atoms with Gasteiger partial charge in [0.15, 0.2) is 0 Å². The molecule has 0 spiro atoms. The molecule has 0 aliphatic carbocycles. The summed E-state index contributed by atoms with van der Waals surface area (Å²) < 4.78 is 0. The van der Waals surface area contributed by atoms with Crippen LogP contribution in [0.3, 0.4) is 0 Å². The first kappa shape index (κ1) is 13.9. The summed E-state index contributed by atoms with van der Waals surface area (Å²) in [6.45, 7) is 2.71. The van der Waals surface area contributed by atoms with E-state index in [1.807, 2.05) is 6.07 Å². The van der Waals surface area contributed by atoms with Gasteiger partial charge < -0.3 is 16.2 Å². The van der Waals surface area contributed by atoms with Gasteiger partial charge >= 0.3 is 5.97 Å². The number of benzene rings is 2. The van der Waals surface area contributed by atoms with Gasteiger partial charge in [-0.15, -0.1) is 0 Å². The van der Waals surface area contributed by atoms with Crippen molar-refractivity contribution in [1.82, 2.24) is 0 Å². The van der Waals surface area contributed by atoms with Crippen molar-refractivity contribution in [1.29, 1.82) is 0 Å². The van der Waals surface area contributed by atoms with Crippen LogP contribution in [0.4, 0.5) is 11.4 Å². The highest BCUT2D eigenvalue weighted by atomic mass is 16.4. The topological polar surface area (TPSA) is 75.3 Å². The van der Waals surface area contributed by atoms with Crippen LogP contribution >= 0.6 is 0 Å². The summed E-state index contributed by atoms with van der Waals surface area (Å²) in [6.07, 6.45) is 0.829. The summed E-state index contributed by atoms with van der Waals surface area (Å²) in [6, 6.07) is 13.0. The highest BCUT2D eigenvalue weighted by Crippen LogP contribution is 2.19. The number of hydrogen-bond acceptors (Lipinski definition) is 3. The maximum absolute atomic E-state index is 11.1. The Morgan fingerprint density at radius 2 is 2.05 bits per heavy atom. The molecule has 0 radical (unpaired) electrons. The Hall–Kier alpha value is -2.49. The molecule has 0 saturated carbocycles. The van der Waals surface area contributed by atoms with Crippen molar-refractivity contribution in [3.05, 3.63) is 59.2 Å². The van der Waals surface area contributed by atoms with Crippen LogP contribution < -0.4 is 11.1 Å². The maximum Gasteiger partial charge on any atom is 0.337 e. The normalized spacial score (nSPS) is 10.2. The summed E-state index contributed by atoms with van der Waals surface area (Å²) in [7, 11) is 0. The highest BCUT2D eigenvalue weighted by molar-refractivity contribution is 5.95. The summed E-state index contributed by atoms with van der Waals surface area (Å²) in [5.41, 5.74) is 9.49. The second kappa shape index (κ2) is 6.10. The lowest BCUT2D eigenvalue weighted by molar-refractivity contribution is 0.0698. The van der Waals surface area contributed by atoms with Crippen LogP contribution in [-0.4, -0.2) is 17.6 Å². The molecule has 4 nitrogen and oxygen atoms in total. The third-order valence-electron chi connectivity index (χ3n) is 3.09. The molecule has 2 aromatic rings. The number of nitrogen functional groups attached to an aromatic ring is 1. The number of aryl methyl sites for hydroxylation is 1. The standard InChI is InChI=1S/C16H18N2O2/c1-11-3-2-4-12(9-11)7-8-18-15-10-13(17)5-6-14(15)16(19)20/h2-6,9-10,18H,7-8,17H2,1H3,(H,19,20). The average Bonchev–Trinajstić information content (AvgIpc) is 2.38. The van der Waals surface area contributed by atoms with E-state index in [9.17, 15) is 4.79 Å². The lowest BCUT2D eigenvalue weighted by atomic mass is 10.1. The number of anilines is 2. The largest absolute Gasteiger partial charge is 0.478 e. The number of nitrogens with one attached hydrogen (secondary N) is 1. The number of carboxylic acid groups (broad SMARTS) is 1. The van der Waals surface area contributed by atoms with Crippen LogP contribution in [0.25, 0.3) is 0 Å². The molecule has 104 valence electrons. The number of hydrogen-bond donors (Lipinski definition) is 3. The van der Waals surface area contributed by atoms with Crippen LogP contribution in [0.1, 0.15) is 21.5 Å². The number of carbonyl (C=O) groups is 1. The Balaban J connectivity index is 2.04. The van der Waals surface area contributed by atoms with E-state index in [0.29, 0.717) is 17.9 Å². The number of rotatable bonds is 5. The lowest BCUT2D eigenvalue weighted by Crippen LogP contribution is -2.10. The van der Waals surface area contributed by atoms with E-state index in [4.69, 9.17) is 10.8 Å². The molecule has 4 N–H and O–H groups in total. The van der Waals surface area contributed by atoms with Crippen LogP contribution in [0, 0.1) is 6.92 Å². The van der Waals surface area contributed by atoms with Gasteiger partial charge in [-0.2, -0.15) is 0 Å². The Morgan fingerprint density at radius 3 is 2.75 bits per heavy atom. The predicted octanol–water partition coefficient (Wildman–Crippen LogP) is 2.93. The Morgan fingerprint density at radius 1 is 1.25 bits per heavy atom. The molecule has 0 bridgehead atoms. The van der Waals surface area contributed by atoms with Gasteiger partial charge in [0, 0.05) is 12.2 Å². The summed E-state index contributed by atoms with van der Waals surface area (Å²) >= 11 is 0. The average molecular weight is 270 g/mol. The van der Waals surface area contributed by atoms with Gasteiger partial charge in [-0.25, -0.2) is 4.79 Å². The first-order valence-electron chi connectivity index (χ1n) is 6.48. The monoisotopic (exact) mass is 270 g/mol. The zero-order valence-electron chi connectivity index (χ0n) is 11.4. The van der Waals surface area contributed by atoms with E-state index in [-0.39, 0.29) is 5.56 Å². The molecule has 0 saturated heterocycles. The molecule has 0 fully saturated rings. The molecule has 0 aromatic heterocycles. The van der Waals surface area contributed by atoms with E-state index in [1.54, 1.807) is 12.1 Å². The molecule has 0 amide bonds. The van der Waals surface area contributed by atoms with Crippen LogP contribution in [0.15, 0.2) is 42.5 Å². The van der Waals surface area contributed by atoms with Crippen LogP contribution in [0.5, 0.6) is 0 Å². The van der Waals surface area contributed by atoms with Crippen LogP contribution in [0.2, 0.25) is 0 Å². The van der Waals surface area contributed by atoms with Gasteiger partial charge in [-0.3, -0.25) is 0 Å². The first-order valence-corrected chi connectivity index (χ1v) is 6.48. The van der Waals surface area contributed by atoms with E-state index < -0.39 is 5.97 Å². The molecule has 0 aliphatic heterocycles. The summed E-state index contributed by atoms with van der Waals surface area (Å²) in [5.74, 6) is -0.956. The zero-order valence-corrected chi connectivity index (χ0v) is 11.4. The van der Waals surface area contributed by atoms with Crippen molar-refractivity contribution in [3.8, 4) is 0 Å².